The van der Waals surface area contributed by atoms with Gasteiger partial charge in [0, 0.05) is 31.1 Å². The van der Waals surface area contributed by atoms with Crippen molar-refractivity contribution in [2.75, 3.05) is 19.5 Å². The standard InChI is InChI=1S/C11H17NO2S/c1-10-6-5-7-12(13)11(10)15-9-4-3-8-14-2/h5-7H,3-4,8-9H2,1-2H3. The molecule has 3 nitrogen and oxygen atoms in total. The molecule has 0 atom stereocenters. The molecule has 0 saturated carbocycles. The number of unbranched alkanes of at least 4 members (excludes halogenated alkanes) is 1. The van der Waals surface area contributed by atoms with Crippen LogP contribution in [0.2, 0.25) is 0 Å². The number of rotatable bonds is 6. The monoisotopic (exact) mass is 227 g/mol. The minimum absolute atomic E-state index is 0.797. The molecule has 0 bridgehead atoms. The second-order valence-electron chi connectivity index (χ2n) is 3.37. The maximum absolute atomic E-state index is 11.4. The summed E-state index contributed by atoms with van der Waals surface area (Å²) in [5.74, 6) is 0.969. The van der Waals surface area contributed by atoms with E-state index in [1.807, 2.05) is 13.0 Å². The predicted octanol–water partition coefficient (Wildman–Crippen LogP) is 2.15. The fraction of sp³-hybridized carbons (Fsp3) is 0.545. The Morgan fingerprint density at radius 2 is 2.27 bits per heavy atom. The second-order valence-corrected chi connectivity index (χ2v) is 4.45. The first-order valence-electron chi connectivity index (χ1n) is 5.06. The van der Waals surface area contributed by atoms with Crippen molar-refractivity contribution in [1.29, 1.82) is 0 Å². The first kappa shape index (κ1) is 12.3. The Morgan fingerprint density at radius 1 is 1.47 bits per heavy atom. The highest BCUT2D eigenvalue weighted by atomic mass is 32.2. The third-order valence-corrected chi connectivity index (χ3v) is 3.35. The molecular formula is C11H17NO2S. The molecule has 0 N–H and O–H groups in total. The molecular weight excluding hydrogens is 210 g/mol. The van der Waals surface area contributed by atoms with E-state index in [1.54, 1.807) is 31.1 Å². The number of nitrogens with zero attached hydrogens (tertiary/aromatic N) is 1. The average Bonchev–Trinajstić information content (AvgIpc) is 2.21. The lowest BCUT2D eigenvalue weighted by Crippen LogP contribution is -2.29. The highest BCUT2D eigenvalue weighted by molar-refractivity contribution is 7.99. The first-order valence-corrected chi connectivity index (χ1v) is 6.05. The molecule has 0 aliphatic carbocycles. The number of hydrogen-bond donors (Lipinski definition) is 0. The fourth-order valence-corrected chi connectivity index (χ4v) is 2.30. The summed E-state index contributed by atoms with van der Waals surface area (Å²) in [6.07, 6.45) is 3.67. The summed E-state index contributed by atoms with van der Waals surface area (Å²) in [4.78, 5) is 0. The van der Waals surface area contributed by atoms with E-state index in [2.05, 4.69) is 0 Å². The number of hydrogen-bond acceptors (Lipinski definition) is 3. The molecule has 0 aliphatic heterocycles. The maximum Gasteiger partial charge on any atom is 0.254 e. The van der Waals surface area contributed by atoms with Gasteiger partial charge >= 0.3 is 0 Å². The molecule has 0 radical (unpaired) electrons. The third-order valence-electron chi connectivity index (χ3n) is 2.09. The van der Waals surface area contributed by atoms with Crippen LogP contribution in [0.3, 0.4) is 0 Å². The number of ether oxygens (including phenoxy) is 1. The second kappa shape index (κ2) is 6.69. The first-order chi connectivity index (χ1) is 7.25. The van der Waals surface area contributed by atoms with Crippen molar-refractivity contribution in [3.05, 3.63) is 29.1 Å². The van der Waals surface area contributed by atoms with Crippen molar-refractivity contribution < 1.29 is 9.47 Å². The van der Waals surface area contributed by atoms with Crippen LogP contribution in [-0.2, 0) is 4.74 Å². The van der Waals surface area contributed by atoms with Gasteiger partial charge in [-0.2, -0.15) is 4.73 Å². The van der Waals surface area contributed by atoms with Crippen LogP contribution in [0.25, 0.3) is 0 Å². The van der Waals surface area contributed by atoms with Crippen LogP contribution in [0.5, 0.6) is 0 Å². The van der Waals surface area contributed by atoms with Crippen LogP contribution in [0.15, 0.2) is 23.4 Å². The van der Waals surface area contributed by atoms with E-state index in [-0.39, 0.29) is 0 Å². The lowest BCUT2D eigenvalue weighted by atomic mass is 10.3. The lowest BCUT2D eigenvalue weighted by molar-refractivity contribution is -0.646. The predicted molar refractivity (Wildman–Crippen MR) is 62.0 cm³/mol. The Bertz CT molecular complexity index is 284. The molecule has 4 heteroatoms. The Hall–Kier alpha value is -0.740. The third kappa shape index (κ3) is 4.10. The van der Waals surface area contributed by atoms with E-state index in [4.69, 9.17) is 4.74 Å². The molecule has 0 unspecified atom stereocenters. The van der Waals surface area contributed by atoms with Gasteiger partial charge in [0.2, 0.25) is 0 Å². The molecule has 15 heavy (non-hydrogen) atoms. The molecule has 1 rings (SSSR count). The highest BCUT2D eigenvalue weighted by Crippen LogP contribution is 2.18. The van der Waals surface area contributed by atoms with Gasteiger partial charge in [-0.15, -0.1) is 0 Å². The van der Waals surface area contributed by atoms with Crippen LogP contribution >= 0.6 is 11.8 Å². The van der Waals surface area contributed by atoms with Gasteiger partial charge in [-0.25, -0.2) is 0 Å². The molecule has 1 aromatic heterocycles. The number of aryl methyl sites for hydroxylation is 1. The van der Waals surface area contributed by atoms with Crippen molar-refractivity contribution in [2.24, 2.45) is 0 Å². The average molecular weight is 227 g/mol. The molecule has 0 aromatic carbocycles. The molecule has 1 heterocycles. The zero-order valence-electron chi connectivity index (χ0n) is 9.23. The molecule has 0 spiro atoms. The molecule has 1 aromatic rings. The van der Waals surface area contributed by atoms with Crippen LogP contribution < -0.4 is 4.73 Å². The summed E-state index contributed by atoms with van der Waals surface area (Å²) in [7, 11) is 1.71. The van der Waals surface area contributed by atoms with Crippen molar-refractivity contribution >= 4 is 11.8 Å². The molecule has 0 saturated heterocycles. The minimum atomic E-state index is 0.797. The van der Waals surface area contributed by atoms with E-state index in [1.165, 1.54) is 0 Å². The summed E-state index contributed by atoms with van der Waals surface area (Å²) >= 11 is 1.62. The SMILES string of the molecule is COCCCCSc1c(C)ccc[n+]1[O-]. The van der Waals surface area contributed by atoms with E-state index in [0.717, 1.165) is 40.5 Å². The van der Waals surface area contributed by atoms with Crippen LogP contribution in [0.1, 0.15) is 18.4 Å². The maximum atomic E-state index is 11.4. The molecule has 0 aliphatic rings. The Kier molecular flexibility index (Phi) is 5.50. The molecule has 84 valence electrons. The van der Waals surface area contributed by atoms with Crippen molar-refractivity contribution in [1.82, 2.24) is 0 Å². The lowest BCUT2D eigenvalue weighted by Gasteiger charge is -2.05. The Morgan fingerprint density at radius 3 is 2.93 bits per heavy atom. The van der Waals surface area contributed by atoms with Gasteiger partial charge in [0.15, 0.2) is 6.20 Å². The quantitative estimate of drug-likeness (QED) is 0.323. The fourth-order valence-electron chi connectivity index (χ4n) is 1.27. The minimum Gasteiger partial charge on any atom is -0.618 e. The summed E-state index contributed by atoms with van der Waals surface area (Å²) in [5.41, 5.74) is 1.05. The van der Waals surface area contributed by atoms with Gasteiger partial charge in [-0.3, -0.25) is 0 Å². The number of thioether (sulfide) groups is 1. The summed E-state index contributed by atoms with van der Waals surface area (Å²) in [5, 5.41) is 12.2. The number of aromatic nitrogens is 1. The van der Waals surface area contributed by atoms with Crippen LogP contribution in [-0.4, -0.2) is 19.5 Å². The van der Waals surface area contributed by atoms with Gasteiger partial charge in [0.25, 0.3) is 5.03 Å². The highest BCUT2D eigenvalue weighted by Gasteiger charge is 2.08. The van der Waals surface area contributed by atoms with Crippen LogP contribution in [0, 0.1) is 12.1 Å². The summed E-state index contributed by atoms with van der Waals surface area (Å²) < 4.78 is 5.91. The zero-order valence-corrected chi connectivity index (χ0v) is 10.0. The van der Waals surface area contributed by atoms with Crippen LogP contribution in [0.4, 0.5) is 0 Å². The van der Waals surface area contributed by atoms with Gasteiger partial charge in [-0.05, 0) is 25.8 Å². The van der Waals surface area contributed by atoms with E-state index < -0.39 is 0 Å². The topological polar surface area (TPSA) is 36.2 Å². The van der Waals surface area contributed by atoms with Crippen molar-refractivity contribution in [2.45, 2.75) is 24.8 Å². The van der Waals surface area contributed by atoms with Crippen molar-refractivity contribution in [3.8, 4) is 0 Å². The van der Waals surface area contributed by atoms with E-state index in [0.29, 0.717) is 0 Å². The summed E-state index contributed by atoms with van der Waals surface area (Å²) in [6.45, 7) is 2.76. The Balaban J connectivity index is 2.37. The largest absolute Gasteiger partial charge is 0.618 e. The zero-order chi connectivity index (χ0) is 11.1. The Labute approximate surface area is 95.0 Å². The normalized spacial score (nSPS) is 10.5. The van der Waals surface area contributed by atoms with Gasteiger partial charge in [-0.1, -0.05) is 11.8 Å². The number of pyridine rings is 1. The van der Waals surface area contributed by atoms with E-state index in [9.17, 15) is 5.21 Å². The smallest absolute Gasteiger partial charge is 0.254 e. The molecule has 0 amide bonds. The summed E-state index contributed by atoms with van der Waals surface area (Å²) in [6, 6.07) is 3.74. The van der Waals surface area contributed by atoms with Gasteiger partial charge in [0.05, 0.1) is 0 Å². The number of methoxy groups -OCH3 is 1. The van der Waals surface area contributed by atoms with Gasteiger partial charge in [0.1, 0.15) is 0 Å². The molecule has 0 fully saturated rings. The van der Waals surface area contributed by atoms with E-state index >= 15 is 0 Å². The van der Waals surface area contributed by atoms with Gasteiger partial charge < -0.3 is 9.94 Å². The van der Waals surface area contributed by atoms with Crippen molar-refractivity contribution in [3.63, 3.8) is 0 Å².